The normalized spacial score (nSPS) is 24.9. The molecule has 0 aromatic carbocycles. The van der Waals surface area contributed by atoms with Crippen molar-refractivity contribution in [1.29, 1.82) is 0 Å². The van der Waals surface area contributed by atoms with Crippen LogP contribution in [0.5, 0.6) is 0 Å². The van der Waals surface area contributed by atoms with Gasteiger partial charge in [-0.05, 0) is 24.3 Å². The van der Waals surface area contributed by atoms with Crippen LogP contribution in [0.2, 0.25) is 0 Å². The van der Waals surface area contributed by atoms with Crippen LogP contribution in [0.1, 0.15) is 59.1 Å². The van der Waals surface area contributed by atoms with E-state index in [1.165, 1.54) is 11.3 Å². The van der Waals surface area contributed by atoms with Crippen LogP contribution in [-0.4, -0.2) is 39.5 Å². The number of carbonyl (C=O) groups excluding carboxylic acids is 1. The Morgan fingerprint density at radius 1 is 1.21 bits per heavy atom. The van der Waals surface area contributed by atoms with Crippen molar-refractivity contribution in [3.05, 3.63) is 50.3 Å². The van der Waals surface area contributed by atoms with E-state index in [4.69, 9.17) is 0 Å². The molecule has 0 unspecified atom stereocenters. The summed E-state index contributed by atoms with van der Waals surface area (Å²) in [6.07, 6.45) is 7.31. The highest BCUT2D eigenvalue weighted by molar-refractivity contribution is 7.09. The van der Waals surface area contributed by atoms with Crippen LogP contribution in [0.15, 0.2) is 28.5 Å². The number of nitrogens with zero attached hydrogens (tertiary/aromatic N) is 3. The Hall–Kier alpha value is -1.99. The standard InChI is InChI=1S/C21H26N4O2S/c26-20(22-15-5-2-1-3-6-15)18-13-25-10-14-9-24(11-16-7-4-8-28-16)12-17(14)19(25)23-21(18)27/h4,7-8,13-15,17H,1-3,5-6,9-12H2,(H,22,26)/t14-,17-/m1/s1. The molecular formula is C21H26N4O2S. The lowest BCUT2D eigenvalue weighted by molar-refractivity contribution is 0.0925. The summed E-state index contributed by atoms with van der Waals surface area (Å²) in [7, 11) is 0. The van der Waals surface area contributed by atoms with Gasteiger partial charge >= 0.3 is 0 Å². The van der Waals surface area contributed by atoms with Gasteiger partial charge in [0.25, 0.3) is 11.5 Å². The van der Waals surface area contributed by atoms with Gasteiger partial charge in [0.05, 0.1) is 0 Å². The number of carbonyl (C=O) groups is 1. The molecule has 0 bridgehead atoms. The third-order valence-electron chi connectivity index (χ3n) is 6.45. The number of nitrogens with one attached hydrogen (secondary N) is 1. The quantitative estimate of drug-likeness (QED) is 0.860. The zero-order chi connectivity index (χ0) is 19.1. The molecule has 1 aliphatic carbocycles. The monoisotopic (exact) mass is 398 g/mol. The van der Waals surface area contributed by atoms with Crippen molar-refractivity contribution in [1.82, 2.24) is 19.8 Å². The number of amides is 1. The SMILES string of the molecule is O=C(NC1CCCCC1)c1cn2c(nc1=O)[C@@H]1CN(Cc3cccs3)C[C@@H]1C2. The summed E-state index contributed by atoms with van der Waals surface area (Å²) in [6.45, 7) is 3.76. The molecule has 28 heavy (non-hydrogen) atoms. The molecule has 0 radical (unpaired) electrons. The maximum Gasteiger partial charge on any atom is 0.285 e. The van der Waals surface area contributed by atoms with Crippen LogP contribution in [-0.2, 0) is 13.1 Å². The predicted octanol–water partition coefficient (Wildman–Crippen LogP) is 2.60. The third-order valence-corrected chi connectivity index (χ3v) is 7.31. The van der Waals surface area contributed by atoms with E-state index < -0.39 is 0 Å². The lowest BCUT2D eigenvalue weighted by Crippen LogP contribution is -2.39. The first kappa shape index (κ1) is 18.1. The molecule has 1 saturated heterocycles. The summed E-state index contributed by atoms with van der Waals surface area (Å²) in [4.78, 5) is 33.4. The first-order chi connectivity index (χ1) is 13.7. The number of aromatic nitrogens is 2. The zero-order valence-electron chi connectivity index (χ0n) is 16.0. The van der Waals surface area contributed by atoms with Crippen LogP contribution < -0.4 is 10.9 Å². The van der Waals surface area contributed by atoms with Gasteiger partial charge in [-0.3, -0.25) is 14.5 Å². The van der Waals surface area contributed by atoms with Crippen molar-refractivity contribution in [2.45, 2.75) is 57.2 Å². The van der Waals surface area contributed by atoms with Gasteiger partial charge in [0.1, 0.15) is 11.4 Å². The van der Waals surface area contributed by atoms with Crippen molar-refractivity contribution in [3.63, 3.8) is 0 Å². The Labute approximate surface area is 168 Å². The Morgan fingerprint density at radius 3 is 2.86 bits per heavy atom. The number of fused-ring (bicyclic) bond motifs is 3. The van der Waals surface area contributed by atoms with E-state index in [0.717, 1.165) is 57.7 Å². The van der Waals surface area contributed by atoms with Crippen LogP contribution in [0.4, 0.5) is 0 Å². The number of thiophene rings is 1. The molecule has 4 heterocycles. The van der Waals surface area contributed by atoms with E-state index in [9.17, 15) is 9.59 Å². The maximum absolute atomic E-state index is 12.6. The molecule has 2 aliphatic heterocycles. The fourth-order valence-corrected chi connectivity index (χ4v) is 5.80. The smallest absolute Gasteiger partial charge is 0.285 e. The predicted molar refractivity (Wildman–Crippen MR) is 109 cm³/mol. The lowest BCUT2D eigenvalue weighted by Gasteiger charge is -2.22. The molecule has 1 saturated carbocycles. The van der Waals surface area contributed by atoms with Gasteiger partial charge < -0.3 is 9.88 Å². The van der Waals surface area contributed by atoms with Gasteiger partial charge in [0, 0.05) is 55.1 Å². The molecule has 2 aromatic heterocycles. The molecule has 0 spiro atoms. The summed E-state index contributed by atoms with van der Waals surface area (Å²) in [5.41, 5.74) is -0.179. The second kappa shape index (κ2) is 7.44. The van der Waals surface area contributed by atoms with Crippen LogP contribution >= 0.6 is 11.3 Å². The van der Waals surface area contributed by atoms with Crippen LogP contribution in [0, 0.1) is 5.92 Å². The molecule has 148 valence electrons. The van der Waals surface area contributed by atoms with E-state index >= 15 is 0 Å². The zero-order valence-corrected chi connectivity index (χ0v) is 16.8. The highest BCUT2D eigenvalue weighted by Crippen LogP contribution is 2.38. The summed E-state index contributed by atoms with van der Waals surface area (Å²) >= 11 is 1.79. The molecular weight excluding hydrogens is 372 g/mol. The van der Waals surface area contributed by atoms with Gasteiger partial charge in [0.2, 0.25) is 0 Å². The summed E-state index contributed by atoms with van der Waals surface area (Å²) in [5, 5.41) is 5.16. The summed E-state index contributed by atoms with van der Waals surface area (Å²) in [5.74, 6) is 1.38. The fraction of sp³-hybridized carbons (Fsp3) is 0.571. The average Bonchev–Trinajstić information content (AvgIpc) is 3.39. The minimum absolute atomic E-state index is 0.198. The van der Waals surface area contributed by atoms with Crippen LogP contribution in [0.25, 0.3) is 0 Å². The molecule has 7 heteroatoms. The third kappa shape index (κ3) is 3.42. The van der Waals surface area contributed by atoms with Gasteiger partial charge in [0.15, 0.2) is 0 Å². The van der Waals surface area contributed by atoms with E-state index in [0.29, 0.717) is 11.8 Å². The van der Waals surface area contributed by atoms with E-state index in [1.807, 2.05) is 0 Å². The van der Waals surface area contributed by atoms with E-state index in [-0.39, 0.29) is 23.1 Å². The molecule has 2 atom stereocenters. The van der Waals surface area contributed by atoms with Crippen molar-refractivity contribution in [2.75, 3.05) is 13.1 Å². The van der Waals surface area contributed by atoms with Crippen LogP contribution in [0.3, 0.4) is 0 Å². The number of rotatable bonds is 4. The Morgan fingerprint density at radius 2 is 2.07 bits per heavy atom. The first-order valence-corrected chi connectivity index (χ1v) is 11.2. The second-order valence-electron chi connectivity index (χ2n) is 8.42. The highest BCUT2D eigenvalue weighted by atomic mass is 32.1. The van der Waals surface area contributed by atoms with Crippen molar-refractivity contribution < 1.29 is 4.79 Å². The van der Waals surface area contributed by atoms with E-state index in [1.54, 1.807) is 17.5 Å². The van der Waals surface area contributed by atoms with Crippen molar-refractivity contribution in [2.24, 2.45) is 5.92 Å². The molecule has 5 rings (SSSR count). The molecule has 3 aliphatic rings. The highest BCUT2D eigenvalue weighted by Gasteiger charge is 2.41. The van der Waals surface area contributed by atoms with Gasteiger partial charge in [-0.1, -0.05) is 25.3 Å². The van der Waals surface area contributed by atoms with E-state index in [2.05, 4.69) is 37.3 Å². The Kier molecular flexibility index (Phi) is 4.80. The first-order valence-electron chi connectivity index (χ1n) is 10.3. The average molecular weight is 399 g/mol. The molecule has 2 aromatic rings. The second-order valence-corrected chi connectivity index (χ2v) is 9.45. The largest absolute Gasteiger partial charge is 0.349 e. The van der Waals surface area contributed by atoms with Gasteiger partial charge in [-0.2, -0.15) is 4.98 Å². The number of likely N-dealkylation sites (tertiary alicyclic amines) is 1. The molecule has 6 nitrogen and oxygen atoms in total. The van der Waals surface area contributed by atoms with Crippen molar-refractivity contribution >= 4 is 17.2 Å². The summed E-state index contributed by atoms with van der Waals surface area (Å²) < 4.78 is 2.05. The van der Waals surface area contributed by atoms with Crippen molar-refractivity contribution in [3.8, 4) is 0 Å². The Bertz CT molecular complexity index is 917. The van der Waals surface area contributed by atoms with Gasteiger partial charge in [-0.25, -0.2) is 0 Å². The minimum Gasteiger partial charge on any atom is -0.349 e. The molecule has 2 fully saturated rings. The number of hydrogen-bond acceptors (Lipinski definition) is 5. The number of hydrogen-bond donors (Lipinski definition) is 1. The molecule has 1 N–H and O–H groups in total. The maximum atomic E-state index is 12.6. The Balaban J connectivity index is 1.30. The topological polar surface area (TPSA) is 67.2 Å². The fourth-order valence-electron chi connectivity index (χ4n) is 5.06. The molecule has 1 amide bonds. The van der Waals surface area contributed by atoms with Gasteiger partial charge in [-0.15, -0.1) is 11.3 Å². The summed E-state index contributed by atoms with van der Waals surface area (Å²) in [6, 6.07) is 4.46. The lowest BCUT2D eigenvalue weighted by atomic mass is 9.95. The minimum atomic E-state index is -0.378.